The molecule has 2 heterocycles. The first kappa shape index (κ1) is 20.3. The molecule has 158 valence electrons. The third-order valence-corrected chi connectivity index (χ3v) is 5.78. The summed E-state index contributed by atoms with van der Waals surface area (Å²) in [5.74, 6) is 2.09. The minimum Gasteiger partial charge on any atom is -0.497 e. The second kappa shape index (κ2) is 8.44. The van der Waals surface area contributed by atoms with Crippen LogP contribution in [-0.4, -0.2) is 56.2 Å². The molecule has 0 radical (unpaired) electrons. The van der Waals surface area contributed by atoms with Gasteiger partial charge in [-0.05, 0) is 56.6 Å². The van der Waals surface area contributed by atoms with E-state index in [2.05, 4.69) is 9.88 Å². The highest BCUT2D eigenvalue weighted by molar-refractivity contribution is 5.85. The van der Waals surface area contributed by atoms with Crippen LogP contribution >= 0.6 is 0 Å². The summed E-state index contributed by atoms with van der Waals surface area (Å²) in [6, 6.07) is 7.48. The Bertz CT molecular complexity index is 1110. The van der Waals surface area contributed by atoms with Crippen LogP contribution in [0.4, 0.5) is 5.82 Å². The molecule has 0 spiro atoms. The molecule has 0 saturated heterocycles. The van der Waals surface area contributed by atoms with Gasteiger partial charge in [0.1, 0.15) is 11.6 Å². The van der Waals surface area contributed by atoms with Crippen molar-refractivity contribution in [3.63, 3.8) is 0 Å². The summed E-state index contributed by atoms with van der Waals surface area (Å²) in [5, 5.41) is 0.565. The lowest BCUT2D eigenvalue weighted by Gasteiger charge is -2.27. The molecule has 0 atom stereocenters. The first-order valence-electron chi connectivity index (χ1n) is 10.3. The van der Waals surface area contributed by atoms with Gasteiger partial charge in [-0.3, -0.25) is 0 Å². The highest BCUT2D eigenvalue weighted by Crippen LogP contribution is 2.40. The number of anilines is 1. The molecule has 1 fully saturated rings. The van der Waals surface area contributed by atoms with E-state index >= 15 is 0 Å². The number of nitrogens with zero attached hydrogens (tertiary/aromatic N) is 4. The molecule has 1 saturated carbocycles. The zero-order chi connectivity index (χ0) is 21.3. The molecule has 3 aromatic rings. The Morgan fingerprint density at radius 1 is 1.20 bits per heavy atom. The predicted octanol–water partition coefficient (Wildman–Crippen LogP) is 3.52. The Morgan fingerprint density at radius 3 is 2.67 bits per heavy atom. The van der Waals surface area contributed by atoms with Gasteiger partial charge < -0.3 is 19.0 Å². The number of pyridine rings is 1. The van der Waals surface area contributed by atoms with Crippen molar-refractivity contribution in [3.05, 3.63) is 46.4 Å². The Hall–Kier alpha value is -2.93. The van der Waals surface area contributed by atoms with E-state index in [1.807, 2.05) is 50.3 Å². The molecule has 0 unspecified atom stereocenters. The van der Waals surface area contributed by atoms with Crippen LogP contribution < -0.4 is 15.3 Å². The lowest BCUT2D eigenvalue weighted by atomic mass is 9.79. The zero-order valence-electron chi connectivity index (χ0n) is 18.0. The summed E-state index contributed by atoms with van der Waals surface area (Å²) in [6.45, 7) is 1.66. The van der Waals surface area contributed by atoms with E-state index in [9.17, 15) is 4.79 Å². The van der Waals surface area contributed by atoms with E-state index in [0.29, 0.717) is 28.1 Å². The lowest BCUT2D eigenvalue weighted by molar-refractivity contribution is 0.403. The fourth-order valence-corrected chi connectivity index (χ4v) is 3.80. The quantitative estimate of drug-likeness (QED) is 0.592. The largest absolute Gasteiger partial charge is 0.497 e. The molecular formula is C23H28N4O3. The number of ether oxygens (including phenoxy) is 1. The van der Waals surface area contributed by atoms with Gasteiger partial charge in [0.05, 0.1) is 23.6 Å². The van der Waals surface area contributed by atoms with Crippen molar-refractivity contribution < 1.29 is 9.15 Å². The Morgan fingerprint density at radius 2 is 2.00 bits per heavy atom. The fraction of sp³-hybridized carbons (Fsp3) is 0.435. The van der Waals surface area contributed by atoms with Crippen molar-refractivity contribution in [2.75, 3.05) is 46.2 Å². The molecule has 30 heavy (non-hydrogen) atoms. The number of likely N-dealkylation sites (N-methyl/N-ethyl adjacent to an activating group) is 2. The average molecular weight is 409 g/mol. The molecule has 1 aliphatic rings. The van der Waals surface area contributed by atoms with Crippen LogP contribution in [0.5, 0.6) is 5.75 Å². The molecular weight excluding hydrogens is 380 g/mol. The number of benzene rings is 1. The van der Waals surface area contributed by atoms with Crippen LogP contribution in [0.15, 0.2) is 39.7 Å². The van der Waals surface area contributed by atoms with Crippen LogP contribution in [0.25, 0.3) is 22.4 Å². The molecule has 1 aliphatic carbocycles. The minimum absolute atomic E-state index is 0.278. The first-order valence-corrected chi connectivity index (χ1v) is 10.3. The summed E-state index contributed by atoms with van der Waals surface area (Å²) < 4.78 is 11.2. The molecule has 0 amide bonds. The maximum Gasteiger partial charge on any atom is 0.347 e. The van der Waals surface area contributed by atoms with E-state index in [-0.39, 0.29) is 11.5 Å². The van der Waals surface area contributed by atoms with Crippen LogP contribution in [0, 0.1) is 0 Å². The standard InChI is InChI=1S/C23H28N4O3/c1-26(2)11-12-27(3)21-17(9-6-10-24-21)22-25-19-14-16(29-4)13-18(15-7-5-8-15)20(19)23(28)30-22/h6,9-10,13-15H,5,7-8,11-12H2,1-4H3. The third-order valence-electron chi connectivity index (χ3n) is 5.78. The zero-order valence-corrected chi connectivity index (χ0v) is 18.0. The Labute approximate surface area is 176 Å². The van der Waals surface area contributed by atoms with Crippen LogP contribution in [0.3, 0.4) is 0 Å². The van der Waals surface area contributed by atoms with Gasteiger partial charge in [0.15, 0.2) is 0 Å². The third kappa shape index (κ3) is 3.89. The molecule has 0 N–H and O–H groups in total. The maximum atomic E-state index is 13.0. The van der Waals surface area contributed by atoms with E-state index in [1.165, 1.54) is 6.42 Å². The monoisotopic (exact) mass is 408 g/mol. The van der Waals surface area contributed by atoms with E-state index in [1.54, 1.807) is 13.3 Å². The van der Waals surface area contributed by atoms with E-state index in [0.717, 1.165) is 37.3 Å². The van der Waals surface area contributed by atoms with Crippen molar-refractivity contribution in [1.29, 1.82) is 0 Å². The van der Waals surface area contributed by atoms with Gasteiger partial charge in [-0.15, -0.1) is 0 Å². The van der Waals surface area contributed by atoms with Crippen LogP contribution in [0.1, 0.15) is 30.7 Å². The Kier molecular flexibility index (Phi) is 5.72. The minimum atomic E-state index is -0.356. The number of aromatic nitrogens is 2. The molecule has 0 bridgehead atoms. The second-order valence-corrected chi connectivity index (χ2v) is 8.14. The summed E-state index contributed by atoms with van der Waals surface area (Å²) in [5.41, 5.74) is 1.93. The summed E-state index contributed by atoms with van der Waals surface area (Å²) in [4.78, 5) is 26.5. The van der Waals surface area contributed by atoms with Crippen molar-refractivity contribution in [2.24, 2.45) is 0 Å². The van der Waals surface area contributed by atoms with E-state index < -0.39 is 0 Å². The summed E-state index contributed by atoms with van der Waals surface area (Å²) >= 11 is 0. The van der Waals surface area contributed by atoms with Crippen LogP contribution in [-0.2, 0) is 0 Å². The second-order valence-electron chi connectivity index (χ2n) is 8.14. The van der Waals surface area contributed by atoms with Crippen LogP contribution in [0.2, 0.25) is 0 Å². The van der Waals surface area contributed by atoms with Crippen molar-refractivity contribution in [1.82, 2.24) is 14.9 Å². The maximum absolute atomic E-state index is 13.0. The first-order chi connectivity index (χ1) is 14.5. The normalized spacial score (nSPS) is 14.2. The number of fused-ring (bicyclic) bond motifs is 1. The molecule has 0 aliphatic heterocycles. The van der Waals surface area contributed by atoms with Gasteiger partial charge in [0.25, 0.3) is 0 Å². The molecule has 1 aromatic carbocycles. The molecule has 7 heteroatoms. The SMILES string of the molecule is COc1cc(C2CCC2)c2c(=O)oc(-c3cccnc3N(C)CCN(C)C)nc2c1. The predicted molar refractivity (Wildman–Crippen MR) is 118 cm³/mol. The smallest absolute Gasteiger partial charge is 0.347 e. The molecule has 4 rings (SSSR count). The van der Waals surface area contributed by atoms with Gasteiger partial charge in [0.2, 0.25) is 5.89 Å². The number of methoxy groups -OCH3 is 1. The van der Waals surface area contributed by atoms with E-state index in [4.69, 9.17) is 14.1 Å². The lowest BCUT2D eigenvalue weighted by Crippen LogP contribution is -2.29. The van der Waals surface area contributed by atoms with Crippen molar-refractivity contribution in [2.45, 2.75) is 25.2 Å². The van der Waals surface area contributed by atoms with Crippen molar-refractivity contribution in [3.8, 4) is 17.2 Å². The number of hydrogen-bond donors (Lipinski definition) is 0. The van der Waals surface area contributed by atoms with Crippen molar-refractivity contribution >= 4 is 16.7 Å². The Balaban J connectivity index is 1.82. The molecule has 7 nitrogen and oxygen atoms in total. The topological polar surface area (TPSA) is 71.7 Å². The van der Waals surface area contributed by atoms with Gasteiger partial charge in [-0.1, -0.05) is 6.42 Å². The highest BCUT2D eigenvalue weighted by atomic mass is 16.5. The van der Waals surface area contributed by atoms with Gasteiger partial charge in [-0.25, -0.2) is 14.8 Å². The average Bonchev–Trinajstić information content (AvgIpc) is 2.70. The van der Waals surface area contributed by atoms with Gasteiger partial charge in [-0.2, -0.15) is 0 Å². The number of hydrogen-bond acceptors (Lipinski definition) is 7. The summed E-state index contributed by atoms with van der Waals surface area (Å²) in [6.07, 6.45) is 5.07. The van der Waals surface area contributed by atoms with Gasteiger partial charge >= 0.3 is 5.63 Å². The fourth-order valence-electron chi connectivity index (χ4n) is 3.80. The van der Waals surface area contributed by atoms with Gasteiger partial charge in [0, 0.05) is 32.4 Å². The highest BCUT2D eigenvalue weighted by Gasteiger charge is 2.25. The number of rotatable bonds is 7. The molecule has 2 aromatic heterocycles. The summed E-state index contributed by atoms with van der Waals surface area (Å²) in [7, 11) is 7.68.